The third-order valence-electron chi connectivity index (χ3n) is 5.51. The number of nitrogens with one attached hydrogen (secondary N) is 1. The summed E-state index contributed by atoms with van der Waals surface area (Å²) < 4.78 is 0. The molecule has 1 fully saturated rings. The molecule has 28 heavy (non-hydrogen) atoms. The number of amides is 1. The molecule has 0 atom stereocenters. The minimum absolute atomic E-state index is 0.0913. The Hall–Kier alpha value is -2.66. The molecular formula is C23H28N4O. The number of aromatic amines is 1. The summed E-state index contributed by atoms with van der Waals surface area (Å²) in [5.41, 5.74) is 4.29. The van der Waals surface area contributed by atoms with E-state index in [1.54, 1.807) is 6.20 Å². The number of aromatic nitrogens is 2. The van der Waals surface area contributed by atoms with E-state index >= 15 is 0 Å². The molecule has 0 bridgehead atoms. The molecule has 1 aliphatic heterocycles. The largest absolute Gasteiger partial charge is 0.351 e. The Morgan fingerprint density at radius 1 is 1.11 bits per heavy atom. The van der Waals surface area contributed by atoms with Crippen molar-refractivity contribution < 1.29 is 4.79 Å². The molecule has 5 heteroatoms. The van der Waals surface area contributed by atoms with E-state index in [4.69, 9.17) is 0 Å². The smallest absolute Gasteiger partial charge is 0.270 e. The van der Waals surface area contributed by atoms with E-state index in [0.29, 0.717) is 5.69 Å². The molecule has 1 aliphatic rings. The standard InChI is InChI=1S/C23H28N4O/c1-23(2,3)19-7-6-18-13-21(25-20(18)14-19)22(28)27-11-9-26(10-12-27)16-17-5-4-8-24-15-17/h4-8,13-15,25H,9-12,16H2,1-3H3. The van der Waals surface area contributed by atoms with Crippen LogP contribution in [0.25, 0.3) is 10.9 Å². The predicted octanol–water partition coefficient (Wildman–Crippen LogP) is 3.82. The van der Waals surface area contributed by atoms with Crippen LogP contribution in [0.15, 0.2) is 48.8 Å². The lowest BCUT2D eigenvalue weighted by molar-refractivity contribution is 0.0623. The van der Waals surface area contributed by atoms with Crippen molar-refractivity contribution in [3.63, 3.8) is 0 Å². The van der Waals surface area contributed by atoms with Crippen molar-refractivity contribution >= 4 is 16.8 Å². The van der Waals surface area contributed by atoms with E-state index in [0.717, 1.165) is 43.6 Å². The predicted molar refractivity (Wildman–Crippen MR) is 112 cm³/mol. The monoisotopic (exact) mass is 376 g/mol. The summed E-state index contributed by atoms with van der Waals surface area (Å²) in [6, 6.07) is 12.5. The molecule has 3 aromatic rings. The van der Waals surface area contributed by atoms with E-state index in [1.807, 2.05) is 23.2 Å². The molecule has 0 spiro atoms. The Kier molecular flexibility index (Phi) is 4.94. The quantitative estimate of drug-likeness (QED) is 0.756. The maximum absolute atomic E-state index is 13.0. The molecule has 146 valence electrons. The average Bonchev–Trinajstić information content (AvgIpc) is 3.11. The fraction of sp³-hybridized carbons (Fsp3) is 0.391. The van der Waals surface area contributed by atoms with Crippen LogP contribution in [0.2, 0.25) is 0 Å². The molecule has 1 aromatic carbocycles. The van der Waals surface area contributed by atoms with Gasteiger partial charge in [-0.3, -0.25) is 14.7 Å². The summed E-state index contributed by atoms with van der Waals surface area (Å²) in [4.78, 5) is 24.8. The van der Waals surface area contributed by atoms with Crippen LogP contribution in [0.1, 0.15) is 42.4 Å². The van der Waals surface area contributed by atoms with E-state index < -0.39 is 0 Å². The summed E-state index contributed by atoms with van der Waals surface area (Å²) in [6.45, 7) is 10.8. The van der Waals surface area contributed by atoms with Crippen LogP contribution in [-0.2, 0) is 12.0 Å². The number of hydrogen-bond donors (Lipinski definition) is 1. The van der Waals surface area contributed by atoms with Gasteiger partial charge in [0.15, 0.2) is 0 Å². The second-order valence-corrected chi connectivity index (χ2v) is 8.66. The van der Waals surface area contributed by atoms with Gasteiger partial charge < -0.3 is 9.88 Å². The lowest BCUT2D eigenvalue weighted by Crippen LogP contribution is -2.48. The molecule has 1 amide bonds. The van der Waals surface area contributed by atoms with Gasteiger partial charge in [-0.2, -0.15) is 0 Å². The SMILES string of the molecule is CC(C)(C)c1ccc2cc(C(=O)N3CCN(Cc4cccnc4)CC3)[nH]c2c1. The fourth-order valence-corrected chi connectivity index (χ4v) is 3.74. The van der Waals surface area contributed by atoms with E-state index in [2.05, 4.69) is 59.9 Å². The molecule has 1 N–H and O–H groups in total. The highest BCUT2D eigenvalue weighted by Gasteiger charge is 2.23. The minimum Gasteiger partial charge on any atom is -0.351 e. The number of carbonyl (C=O) groups is 1. The van der Waals surface area contributed by atoms with Crippen LogP contribution in [0, 0.1) is 0 Å². The first kappa shape index (κ1) is 18.7. The van der Waals surface area contributed by atoms with Crippen LogP contribution in [0.3, 0.4) is 0 Å². The molecule has 5 nitrogen and oxygen atoms in total. The molecule has 1 saturated heterocycles. The van der Waals surface area contributed by atoms with Crippen molar-refractivity contribution in [3.05, 3.63) is 65.6 Å². The first-order valence-electron chi connectivity index (χ1n) is 9.94. The number of hydrogen-bond acceptors (Lipinski definition) is 3. The normalized spacial score (nSPS) is 15.9. The maximum Gasteiger partial charge on any atom is 0.270 e. The highest BCUT2D eigenvalue weighted by atomic mass is 16.2. The summed E-state index contributed by atoms with van der Waals surface area (Å²) in [6.07, 6.45) is 3.71. The third kappa shape index (κ3) is 3.94. The van der Waals surface area contributed by atoms with Crippen LogP contribution >= 0.6 is 0 Å². The lowest BCUT2D eigenvalue weighted by atomic mass is 9.87. The maximum atomic E-state index is 13.0. The lowest BCUT2D eigenvalue weighted by Gasteiger charge is -2.34. The summed E-state index contributed by atoms with van der Waals surface area (Å²) in [5, 5.41) is 1.09. The van der Waals surface area contributed by atoms with Gasteiger partial charge in [0.2, 0.25) is 0 Å². The van der Waals surface area contributed by atoms with Gasteiger partial charge in [-0.15, -0.1) is 0 Å². The number of pyridine rings is 1. The van der Waals surface area contributed by atoms with E-state index in [-0.39, 0.29) is 11.3 Å². The first-order valence-corrected chi connectivity index (χ1v) is 9.94. The van der Waals surface area contributed by atoms with Crippen LogP contribution in [0.5, 0.6) is 0 Å². The second kappa shape index (κ2) is 7.40. The van der Waals surface area contributed by atoms with Gasteiger partial charge in [-0.1, -0.05) is 39.0 Å². The first-order chi connectivity index (χ1) is 13.4. The highest BCUT2D eigenvalue weighted by Crippen LogP contribution is 2.26. The Bertz CT molecular complexity index is 963. The van der Waals surface area contributed by atoms with Gasteiger partial charge in [-0.05, 0) is 34.7 Å². The number of nitrogens with zero attached hydrogens (tertiary/aromatic N) is 3. The van der Waals surface area contributed by atoms with Crippen molar-refractivity contribution in [2.75, 3.05) is 26.2 Å². The zero-order valence-corrected chi connectivity index (χ0v) is 16.9. The summed E-state index contributed by atoms with van der Waals surface area (Å²) in [7, 11) is 0. The molecule has 0 saturated carbocycles. The molecule has 0 radical (unpaired) electrons. The third-order valence-corrected chi connectivity index (χ3v) is 5.51. The van der Waals surface area contributed by atoms with Crippen molar-refractivity contribution in [1.29, 1.82) is 0 Å². The number of piperazine rings is 1. The zero-order chi connectivity index (χ0) is 19.7. The van der Waals surface area contributed by atoms with E-state index in [1.165, 1.54) is 11.1 Å². The van der Waals surface area contributed by atoms with Crippen LogP contribution in [-0.4, -0.2) is 51.9 Å². The molecule has 0 aliphatic carbocycles. The van der Waals surface area contributed by atoms with Crippen LogP contribution < -0.4 is 0 Å². The summed E-state index contributed by atoms with van der Waals surface area (Å²) in [5.74, 6) is 0.0922. The Morgan fingerprint density at radius 2 is 1.89 bits per heavy atom. The van der Waals surface area contributed by atoms with Crippen molar-refractivity contribution in [2.45, 2.75) is 32.7 Å². The topological polar surface area (TPSA) is 52.2 Å². The average molecular weight is 377 g/mol. The van der Waals surface area contributed by atoms with Crippen LogP contribution in [0.4, 0.5) is 0 Å². The van der Waals surface area contributed by atoms with Gasteiger partial charge in [0.25, 0.3) is 5.91 Å². The number of rotatable bonds is 3. The minimum atomic E-state index is 0.0913. The number of carbonyl (C=O) groups excluding carboxylic acids is 1. The molecular weight excluding hydrogens is 348 g/mol. The van der Waals surface area contributed by atoms with E-state index in [9.17, 15) is 4.79 Å². The van der Waals surface area contributed by atoms with Crippen molar-refractivity contribution in [3.8, 4) is 0 Å². The van der Waals surface area contributed by atoms with Gasteiger partial charge in [0.05, 0.1) is 0 Å². The van der Waals surface area contributed by atoms with Gasteiger partial charge in [-0.25, -0.2) is 0 Å². The van der Waals surface area contributed by atoms with Gasteiger partial charge >= 0.3 is 0 Å². The number of fused-ring (bicyclic) bond motifs is 1. The second-order valence-electron chi connectivity index (χ2n) is 8.66. The van der Waals surface area contributed by atoms with Crippen molar-refractivity contribution in [2.24, 2.45) is 0 Å². The molecule has 3 heterocycles. The Morgan fingerprint density at radius 3 is 2.57 bits per heavy atom. The number of benzene rings is 1. The number of H-pyrrole nitrogens is 1. The zero-order valence-electron chi connectivity index (χ0n) is 16.9. The van der Waals surface area contributed by atoms with Gasteiger partial charge in [0.1, 0.15) is 5.69 Å². The Labute approximate surface area is 166 Å². The van der Waals surface area contributed by atoms with Crippen molar-refractivity contribution in [1.82, 2.24) is 19.8 Å². The molecule has 2 aromatic heterocycles. The molecule has 0 unspecified atom stereocenters. The van der Waals surface area contributed by atoms with Gasteiger partial charge in [0, 0.05) is 56.0 Å². The summed E-state index contributed by atoms with van der Waals surface area (Å²) >= 11 is 0. The molecule has 4 rings (SSSR count). The Balaban J connectivity index is 1.42. The highest BCUT2D eigenvalue weighted by molar-refractivity contribution is 5.98. The fourth-order valence-electron chi connectivity index (χ4n) is 3.74.